The van der Waals surface area contributed by atoms with Crippen molar-refractivity contribution in [3.63, 3.8) is 0 Å². The highest BCUT2D eigenvalue weighted by molar-refractivity contribution is 7.99. The van der Waals surface area contributed by atoms with Crippen LogP contribution in [0.1, 0.15) is 19.3 Å². The lowest BCUT2D eigenvalue weighted by molar-refractivity contribution is 0.0315. The molecule has 7 heteroatoms. The number of hydrogen-bond donors (Lipinski definition) is 0. The van der Waals surface area contributed by atoms with Gasteiger partial charge in [0.15, 0.2) is 16.7 Å². The second-order valence-corrected chi connectivity index (χ2v) is 7.88. The Morgan fingerprint density at radius 2 is 1.97 bits per heavy atom. The van der Waals surface area contributed by atoms with E-state index in [0.29, 0.717) is 33.2 Å². The predicted octanol–water partition coefficient (Wildman–Crippen LogP) is 4.06. The number of para-hydroxylation sites is 1. The lowest BCUT2D eigenvalue weighted by Crippen LogP contribution is -2.24. The minimum absolute atomic E-state index is 0.102. The van der Waals surface area contributed by atoms with Gasteiger partial charge in [0, 0.05) is 18.4 Å². The van der Waals surface area contributed by atoms with Crippen LogP contribution >= 0.6 is 11.8 Å². The molecule has 4 rings (SSSR count). The molecular weight excluding hydrogens is 388 g/mol. The van der Waals surface area contributed by atoms with Crippen molar-refractivity contribution in [1.29, 1.82) is 0 Å². The number of fused-ring (bicyclic) bond motifs is 1. The molecule has 2 aromatic carbocycles. The van der Waals surface area contributed by atoms with Crippen LogP contribution in [0.3, 0.4) is 0 Å². The molecule has 0 saturated carbocycles. The second-order valence-electron chi connectivity index (χ2n) is 6.89. The third-order valence-electron chi connectivity index (χ3n) is 5.04. The Labute approximate surface area is 173 Å². The first kappa shape index (κ1) is 19.8. The molecule has 0 radical (unpaired) electrons. The van der Waals surface area contributed by atoms with Crippen molar-refractivity contribution in [2.24, 2.45) is 0 Å². The fourth-order valence-electron chi connectivity index (χ4n) is 3.51. The summed E-state index contributed by atoms with van der Waals surface area (Å²) in [6, 6.07) is 12.9. The van der Waals surface area contributed by atoms with E-state index in [1.165, 1.54) is 6.42 Å². The van der Waals surface area contributed by atoms with Gasteiger partial charge < -0.3 is 14.2 Å². The highest BCUT2D eigenvalue weighted by Crippen LogP contribution is 2.31. The predicted molar refractivity (Wildman–Crippen MR) is 115 cm³/mol. The van der Waals surface area contributed by atoms with E-state index >= 15 is 0 Å². The van der Waals surface area contributed by atoms with Crippen LogP contribution in [0.5, 0.6) is 11.5 Å². The lowest BCUT2D eigenvalue weighted by atomic mass is 10.1. The van der Waals surface area contributed by atoms with Crippen LogP contribution in [0.25, 0.3) is 16.6 Å². The summed E-state index contributed by atoms with van der Waals surface area (Å²) < 4.78 is 18.3. The average Bonchev–Trinajstić information content (AvgIpc) is 2.78. The molecule has 3 aromatic rings. The van der Waals surface area contributed by atoms with Gasteiger partial charge in [-0.15, -0.1) is 0 Å². The Bertz CT molecular complexity index is 1060. The summed E-state index contributed by atoms with van der Waals surface area (Å²) in [5.74, 6) is 1.94. The van der Waals surface area contributed by atoms with E-state index in [1.54, 1.807) is 48.7 Å². The van der Waals surface area contributed by atoms with E-state index in [9.17, 15) is 4.79 Å². The zero-order chi connectivity index (χ0) is 20.2. The zero-order valence-corrected chi connectivity index (χ0v) is 17.4. The van der Waals surface area contributed by atoms with Gasteiger partial charge >= 0.3 is 0 Å². The summed E-state index contributed by atoms with van der Waals surface area (Å²) in [4.78, 5) is 18.2. The summed E-state index contributed by atoms with van der Waals surface area (Å²) in [7, 11) is 3.17. The molecule has 29 heavy (non-hydrogen) atoms. The minimum atomic E-state index is -0.102. The lowest BCUT2D eigenvalue weighted by Gasteiger charge is -2.22. The van der Waals surface area contributed by atoms with Gasteiger partial charge in [-0.25, -0.2) is 4.98 Å². The Kier molecular flexibility index (Phi) is 6.06. The quantitative estimate of drug-likeness (QED) is 0.449. The van der Waals surface area contributed by atoms with Crippen molar-refractivity contribution in [3.8, 4) is 17.2 Å². The second kappa shape index (κ2) is 8.88. The topological polar surface area (TPSA) is 62.6 Å². The number of rotatable bonds is 6. The van der Waals surface area contributed by atoms with Gasteiger partial charge in [-0.05, 0) is 43.5 Å². The summed E-state index contributed by atoms with van der Waals surface area (Å²) in [5, 5.41) is 1.23. The molecular formula is C22H24N2O4S. The summed E-state index contributed by atoms with van der Waals surface area (Å²) in [5.41, 5.74) is 1.29. The third-order valence-corrected chi connectivity index (χ3v) is 6.11. The average molecular weight is 413 g/mol. The van der Waals surface area contributed by atoms with Gasteiger partial charge in [0.1, 0.15) is 0 Å². The van der Waals surface area contributed by atoms with Gasteiger partial charge in [0.05, 0.1) is 36.9 Å². The summed E-state index contributed by atoms with van der Waals surface area (Å²) >= 11 is 1.56. The minimum Gasteiger partial charge on any atom is -0.493 e. The standard InChI is InChI=1S/C22H24N2O4S/c1-26-19-11-10-15(13-20(19)27-2)24-21(25)17-8-3-4-9-18(17)23-22(24)29-14-16-7-5-6-12-28-16/h3-4,8-11,13,16H,5-7,12,14H2,1-2H3/t16-/m1/s1. The molecule has 1 aliphatic rings. The van der Waals surface area contributed by atoms with Crippen LogP contribution in [0, 0.1) is 0 Å². The molecule has 1 atom stereocenters. The van der Waals surface area contributed by atoms with Crippen LogP contribution in [-0.4, -0.2) is 42.2 Å². The van der Waals surface area contributed by atoms with Gasteiger partial charge in [-0.1, -0.05) is 23.9 Å². The van der Waals surface area contributed by atoms with E-state index in [-0.39, 0.29) is 11.7 Å². The molecule has 1 aliphatic heterocycles. The normalized spacial score (nSPS) is 16.7. The van der Waals surface area contributed by atoms with Crippen molar-refractivity contribution in [2.75, 3.05) is 26.6 Å². The smallest absolute Gasteiger partial charge is 0.266 e. The molecule has 0 unspecified atom stereocenters. The number of thioether (sulfide) groups is 1. The van der Waals surface area contributed by atoms with Crippen LogP contribution in [0.4, 0.5) is 0 Å². The SMILES string of the molecule is COc1ccc(-n2c(SC[C@H]3CCCCO3)nc3ccccc3c2=O)cc1OC. The zero-order valence-electron chi connectivity index (χ0n) is 16.6. The largest absolute Gasteiger partial charge is 0.493 e. The number of ether oxygens (including phenoxy) is 3. The van der Waals surface area contributed by atoms with Crippen molar-refractivity contribution in [3.05, 3.63) is 52.8 Å². The third kappa shape index (κ3) is 4.11. The Morgan fingerprint density at radius 1 is 1.14 bits per heavy atom. The Hall–Kier alpha value is -2.51. The van der Waals surface area contributed by atoms with Crippen molar-refractivity contribution >= 4 is 22.7 Å². The van der Waals surface area contributed by atoms with Crippen LogP contribution < -0.4 is 15.0 Å². The molecule has 1 saturated heterocycles. The fraction of sp³-hybridized carbons (Fsp3) is 0.364. The maximum absolute atomic E-state index is 13.4. The number of benzene rings is 2. The van der Waals surface area contributed by atoms with E-state index in [1.807, 2.05) is 24.3 Å². The molecule has 1 aromatic heterocycles. The number of aromatic nitrogens is 2. The Morgan fingerprint density at radius 3 is 2.72 bits per heavy atom. The van der Waals surface area contributed by atoms with E-state index in [0.717, 1.165) is 25.2 Å². The highest BCUT2D eigenvalue weighted by atomic mass is 32.2. The summed E-state index contributed by atoms with van der Waals surface area (Å²) in [6.45, 7) is 0.804. The molecule has 0 aliphatic carbocycles. The van der Waals surface area contributed by atoms with Crippen LogP contribution in [0.15, 0.2) is 52.4 Å². The number of methoxy groups -OCH3 is 2. The van der Waals surface area contributed by atoms with Crippen LogP contribution in [-0.2, 0) is 4.74 Å². The first-order valence-corrected chi connectivity index (χ1v) is 10.7. The molecule has 2 heterocycles. The first-order valence-electron chi connectivity index (χ1n) is 9.70. The van der Waals surface area contributed by atoms with Gasteiger partial charge in [-0.3, -0.25) is 9.36 Å². The maximum Gasteiger partial charge on any atom is 0.266 e. The molecule has 1 fully saturated rings. The van der Waals surface area contributed by atoms with Gasteiger partial charge in [-0.2, -0.15) is 0 Å². The van der Waals surface area contributed by atoms with Gasteiger partial charge in [0.2, 0.25) is 0 Å². The molecule has 152 valence electrons. The molecule has 6 nitrogen and oxygen atoms in total. The molecule has 0 bridgehead atoms. The first-order chi connectivity index (χ1) is 14.2. The monoisotopic (exact) mass is 412 g/mol. The summed E-state index contributed by atoms with van der Waals surface area (Å²) in [6.07, 6.45) is 3.53. The van der Waals surface area contributed by atoms with E-state index in [2.05, 4.69) is 0 Å². The van der Waals surface area contributed by atoms with Crippen molar-refractivity contribution in [2.45, 2.75) is 30.5 Å². The van der Waals surface area contributed by atoms with Crippen LogP contribution in [0.2, 0.25) is 0 Å². The van der Waals surface area contributed by atoms with Gasteiger partial charge in [0.25, 0.3) is 5.56 Å². The molecule has 0 amide bonds. The van der Waals surface area contributed by atoms with Crippen molar-refractivity contribution in [1.82, 2.24) is 9.55 Å². The Balaban J connectivity index is 1.80. The number of hydrogen-bond acceptors (Lipinski definition) is 6. The van der Waals surface area contributed by atoms with E-state index < -0.39 is 0 Å². The van der Waals surface area contributed by atoms with Crippen molar-refractivity contribution < 1.29 is 14.2 Å². The number of nitrogens with zero attached hydrogens (tertiary/aromatic N) is 2. The maximum atomic E-state index is 13.4. The fourth-order valence-corrected chi connectivity index (χ4v) is 4.59. The molecule has 0 spiro atoms. The van der Waals surface area contributed by atoms with E-state index in [4.69, 9.17) is 19.2 Å². The molecule has 0 N–H and O–H groups in total. The highest BCUT2D eigenvalue weighted by Gasteiger charge is 2.19.